The second-order valence-corrected chi connectivity index (χ2v) is 5.79. The second kappa shape index (κ2) is 6.20. The highest BCUT2D eigenvalue weighted by atomic mass is 16.3. The summed E-state index contributed by atoms with van der Waals surface area (Å²) in [5, 5.41) is 32.5. The largest absolute Gasteiger partial charge is 0.395 e. The smallest absolute Gasteiger partial charge is 0.181 e. The van der Waals surface area contributed by atoms with Gasteiger partial charge in [-0.15, -0.1) is 0 Å². The summed E-state index contributed by atoms with van der Waals surface area (Å²) in [7, 11) is 3.72. The molecule has 0 radical (unpaired) electrons. The number of nitrogens with zero attached hydrogens (tertiary/aromatic N) is 4. The highest BCUT2D eigenvalue weighted by Crippen LogP contribution is 2.33. The summed E-state index contributed by atoms with van der Waals surface area (Å²) in [5.41, 5.74) is 1.97. The van der Waals surface area contributed by atoms with Crippen molar-refractivity contribution in [1.82, 2.24) is 25.2 Å². The Morgan fingerprint density at radius 3 is 2.74 bits per heavy atom. The summed E-state index contributed by atoms with van der Waals surface area (Å²) < 4.78 is 0. The Labute approximate surface area is 132 Å². The number of H-pyrrole nitrogens is 1. The van der Waals surface area contributed by atoms with Crippen LogP contribution >= 0.6 is 0 Å². The van der Waals surface area contributed by atoms with Gasteiger partial charge in [-0.3, -0.25) is 0 Å². The summed E-state index contributed by atoms with van der Waals surface area (Å²) in [5.74, 6) is 0.488. The monoisotopic (exact) mass is 320 g/mol. The van der Waals surface area contributed by atoms with E-state index in [9.17, 15) is 15.3 Å². The number of nitrogens with one attached hydrogen (secondary N) is 2. The SMILES string of the molecule is CN(C)C=Nc1ncnc2c(C3NC(CO)C(O)C3O)c[nH]c12. The molecule has 23 heavy (non-hydrogen) atoms. The lowest BCUT2D eigenvalue weighted by Crippen LogP contribution is -2.35. The molecule has 2 aromatic heterocycles. The van der Waals surface area contributed by atoms with Gasteiger partial charge in [0.2, 0.25) is 0 Å². The van der Waals surface area contributed by atoms with E-state index in [4.69, 9.17) is 0 Å². The number of aromatic amines is 1. The third-order valence-corrected chi connectivity index (χ3v) is 3.91. The zero-order valence-corrected chi connectivity index (χ0v) is 12.9. The minimum absolute atomic E-state index is 0.259. The molecule has 124 valence electrons. The molecule has 3 rings (SSSR count). The molecule has 0 aliphatic carbocycles. The van der Waals surface area contributed by atoms with Crippen LogP contribution in [-0.4, -0.2) is 80.5 Å². The molecule has 0 amide bonds. The lowest BCUT2D eigenvalue weighted by Gasteiger charge is -2.14. The quantitative estimate of drug-likeness (QED) is 0.357. The van der Waals surface area contributed by atoms with Crippen LogP contribution in [0.1, 0.15) is 11.6 Å². The molecule has 2 aromatic rings. The maximum absolute atomic E-state index is 10.2. The fourth-order valence-electron chi connectivity index (χ4n) is 2.75. The predicted octanol–water partition coefficient (Wildman–Crippen LogP) is -1.09. The maximum Gasteiger partial charge on any atom is 0.181 e. The third kappa shape index (κ3) is 2.79. The molecule has 9 nitrogen and oxygen atoms in total. The van der Waals surface area contributed by atoms with Crippen LogP contribution in [0.3, 0.4) is 0 Å². The molecule has 4 unspecified atom stereocenters. The van der Waals surface area contributed by atoms with Crippen LogP contribution in [0, 0.1) is 0 Å². The first-order chi connectivity index (χ1) is 11.0. The van der Waals surface area contributed by atoms with Gasteiger partial charge < -0.3 is 30.5 Å². The van der Waals surface area contributed by atoms with Gasteiger partial charge in [0.25, 0.3) is 0 Å². The van der Waals surface area contributed by atoms with Gasteiger partial charge in [0.1, 0.15) is 17.9 Å². The average Bonchev–Trinajstić information content (AvgIpc) is 3.08. The normalized spacial score (nSPS) is 28.0. The minimum Gasteiger partial charge on any atom is -0.395 e. The highest BCUT2D eigenvalue weighted by Gasteiger charge is 2.42. The van der Waals surface area contributed by atoms with Crippen LogP contribution in [-0.2, 0) is 0 Å². The predicted molar refractivity (Wildman–Crippen MR) is 84.5 cm³/mol. The zero-order valence-electron chi connectivity index (χ0n) is 12.9. The highest BCUT2D eigenvalue weighted by molar-refractivity contribution is 5.88. The Hall–Kier alpha value is -2.07. The van der Waals surface area contributed by atoms with Gasteiger partial charge >= 0.3 is 0 Å². The van der Waals surface area contributed by atoms with Crippen molar-refractivity contribution in [1.29, 1.82) is 0 Å². The molecule has 1 aliphatic rings. The molecule has 5 N–H and O–H groups in total. The standard InChI is InChI=1S/C14H20N6O3/c1-20(2)6-18-14-11-9(16-5-17-14)7(3-15-11)10-13(23)12(22)8(4-21)19-10/h3,5-6,8,10,12-13,15,19,21-23H,4H2,1-2H3. The molecule has 0 bridgehead atoms. The van der Waals surface area contributed by atoms with E-state index in [0.29, 0.717) is 22.4 Å². The number of aliphatic hydroxyl groups excluding tert-OH is 3. The number of aliphatic imine (C=N–C) groups is 1. The van der Waals surface area contributed by atoms with Crippen molar-refractivity contribution >= 4 is 23.2 Å². The first-order valence-electron chi connectivity index (χ1n) is 7.28. The first-order valence-corrected chi connectivity index (χ1v) is 7.28. The molecular weight excluding hydrogens is 300 g/mol. The Kier molecular flexibility index (Phi) is 4.26. The van der Waals surface area contributed by atoms with Crippen LogP contribution in [0.15, 0.2) is 17.5 Å². The van der Waals surface area contributed by atoms with Gasteiger partial charge in [-0.05, 0) is 0 Å². The van der Waals surface area contributed by atoms with E-state index in [1.807, 2.05) is 14.1 Å². The van der Waals surface area contributed by atoms with E-state index in [1.165, 1.54) is 6.33 Å². The fraction of sp³-hybridized carbons (Fsp3) is 0.500. The summed E-state index contributed by atoms with van der Waals surface area (Å²) in [4.78, 5) is 17.6. The van der Waals surface area contributed by atoms with E-state index in [0.717, 1.165) is 0 Å². The summed E-state index contributed by atoms with van der Waals surface area (Å²) in [6.45, 7) is -0.259. The van der Waals surface area contributed by atoms with Crippen molar-refractivity contribution in [3.05, 3.63) is 18.1 Å². The van der Waals surface area contributed by atoms with Gasteiger partial charge in [0.05, 0.1) is 36.6 Å². The van der Waals surface area contributed by atoms with E-state index < -0.39 is 24.3 Å². The van der Waals surface area contributed by atoms with Crippen LogP contribution in [0.2, 0.25) is 0 Å². The van der Waals surface area contributed by atoms with Crippen molar-refractivity contribution in [3.8, 4) is 0 Å². The van der Waals surface area contributed by atoms with Gasteiger partial charge in [0, 0.05) is 25.9 Å². The van der Waals surface area contributed by atoms with Crippen LogP contribution in [0.5, 0.6) is 0 Å². The molecule has 3 heterocycles. The maximum atomic E-state index is 10.2. The number of aliphatic hydroxyl groups is 3. The zero-order chi connectivity index (χ0) is 16.6. The van der Waals surface area contributed by atoms with Crippen molar-refractivity contribution in [2.45, 2.75) is 24.3 Å². The molecule has 1 saturated heterocycles. The van der Waals surface area contributed by atoms with Crippen LogP contribution in [0.25, 0.3) is 11.0 Å². The molecular formula is C14H20N6O3. The van der Waals surface area contributed by atoms with Crippen molar-refractivity contribution in [2.24, 2.45) is 4.99 Å². The van der Waals surface area contributed by atoms with Gasteiger partial charge in [0.15, 0.2) is 5.82 Å². The fourth-order valence-corrected chi connectivity index (χ4v) is 2.75. The molecule has 9 heteroatoms. The lowest BCUT2D eigenvalue weighted by atomic mass is 10.0. The number of hydrogen-bond acceptors (Lipinski definition) is 7. The average molecular weight is 320 g/mol. The topological polar surface area (TPSA) is 130 Å². The van der Waals surface area contributed by atoms with Gasteiger partial charge in [-0.1, -0.05) is 0 Å². The number of rotatable bonds is 4. The van der Waals surface area contributed by atoms with Crippen LogP contribution < -0.4 is 5.32 Å². The van der Waals surface area contributed by atoms with Gasteiger partial charge in [-0.2, -0.15) is 0 Å². The lowest BCUT2D eigenvalue weighted by molar-refractivity contribution is 0.0196. The molecule has 0 spiro atoms. The third-order valence-electron chi connectivity index (χ3n) is 3.91. The Balaban J connectivity index is 1.99. The van der Waals surface area contributed by atoms with Crippen LogP contribution in [0.4, 0.5) is 5.82 Å². The first kappa shape index (κ1) is 15.8. The summed E-state index contributed by atoms with van der Waals surface area (Å²) >= 11 is 0. The Bertz CT molecular complexity index is 716. The second-order valence-electron chi connectivity index (χ2n) is 5.79. The number of hydrogen-bond donors (Lipinski definition) is 5. The Morgan fingerprint density at radius 1 is 1.30 bits per heavy atom. The molecule has 0 saturated carbocycles. The summed E-state index contributed by atoms with van der Waals surface area (Å²) in [6.07, 6.45) is 2.68. The van der Waals surface area contributed by atoms with E-state index in [-0.39, 0.29) is 6.61 Å². The van der Waals surface area contributed by atoms with Crippen molar-refractivity contribution in [3.63, 3.8) is 0 Å². The number of fused-ring (bicyclic) bond motifs is 1. The molecule has 4 atom stereocenters. The summed E-state index contributed by atoms with van der Waals surface area (Å²) in [6, 6.07) is -1.11. The number of aromatic nitrogens is 3. The molecule has 1 fully saturated rings. The van der Waals surface area contributed by atoms with Crippen molar-refractivity contribution < 1.29 is 15.3 Å². The van der Waals surface area contributed by atoms with E-state index in [2.05, 4.69) is 25.3 Å². The van der Waals surface area contributed by atoms with Crippen molar-refractivity contribution in [2.75, 3.05) is 20.7 Å². The van der Waals surface area contributed by atoms with Gasteiger partial charge in [-0.25, -0.2) is 15.0 Å². The Morgan fingerprint density at radius 2 is 2.09 bits per heavy atom. The van der Waals surface area contributed by atoms with E-state index in [1.54, 1.807) is 17.4 Å². The minimum atomic E-state index is -1.04. The van der Waals surface area contributed by atoms with E-state index >= 15 is 0 Å². The molecule has 0 aromatic carbocycles. The molecule has 1 aliphatic heterocycles.